The molecule has 1 aromatic heterocycles. The van der Waals surface area contributed by atoms with Gasteiger partial charge in [-0.2, -0.15) is 0 Å². The molecule has 1 nitrogen and oxygen atoms in total. The van der Waals surface area contributed by atoms with E-state index in [1.54, 1.807) is 0 Å². The first-order chi connectivity index (χ1) is 7.59. The Morgan fingerprint density at radius 3 is 2.62 bits per heavy atom. The van der Waals surface area contributed by atoms with Gasteiger partial charge in [-0.3, -0.25) is 0 Å². The van der Waals surface area contributed by atoms with E-state index >= 15 is 0 Å². The van der Waals surface area contributed by atoms with E-state index in [1.165, 1.54) is 11.3 Å². The average molecular weight is 430 g/mol. The first-order valence-electron chi connectivity index (χ1n) is 4.47. The van der Waals surface area contributed by atoms with Crippen LogP contribution in [0, 0.1) is 3.57 Å². The van der Waals surface area contributed by atoms with Crippen LogP contribution in [0.5, 0.6) is 0 Å². The molecule has 0 aliphatic rings. The molecule has 1 unspecified atom stereocenters. The van der Waals surface area contributed by atoms with Gasteiger partial charge in [-0.15, -0.1) is 11.3 Å². The van der Waals surface area contributed by atoms with Crippen LogP contribution in [-0.2, 0) is 0 Å². The van der Waals surface area contributed by atoms with E-state index in [9.17, 15) is 5.11 Å². The zero-order valence-electron chi connectivity index (χ0n) is 7.95. The maximum Gasteiger partial charge on any atom is 0.114 e. The average Bonchev–Trinajstić information content (AvgIpc) is 2.59. The first-order valence-corrected chi connectivity index (χ1v) is 7.53. The number of aliphatic hydroxyl groups excluding tert-OH is 1. The van der Waals surface area contributed by atoms with Gasteiger partial charge in [-0.05, 0) is 56.2 Å². The highest BCUT2D eigenvalue weighted by Crippen LogP contribution is 2.38. The van der Waals surface area contributed by atoms with Gasteiger partial charge in [-0.1, -0.05) is 29.8 Å². The van der Waals surface area contributed by atoms with Crippen molar-refractivity contribution in [1.82, 2.24) is 0 Å². The molecule has 0 bridgehead atoms. The largest absolute Gasteiger partial charge is 0.383 e. The topological polar surface area (TPSA) is 20.2 Å². The van der Waals surface area contributed by atoms with E-state index in [0.29, 0.717) is 4.34 Å². The number of benzene rings is 1. The molecule has 1 heterocycles. The van der Waals surface area contributed by atoms with Crippen LogP contribution in [0.4, 0.5) is 0 Å². The molecule has 0 radical (unpaired) electrons. The Bertz CT molecular complexity index is 495. The molecule has 16 heavy (non-hydrogen) atoms. The summed E-state index contributed by atoms with van der Waals surface area (Å²) in [5.41, 5.74) is 0.911. The second kappa shape index (κ2) is 5.35. The smallest absolute Gasteiger partial charge is 0.114 e. The molecule has 2 rings (SSSR count). The molecule has 1 atom stereocenters. The van der Waals surface area contributed by atoms with E-state index in [0.717, 1.165) is 18.5 Å². The highest BCUT2D eigenvalue weighted by Gasteiger charge is 2.16. The van der Waals surface area contributed by atoms with Gasteiger partial charge in [-0.25, -0.2) is 0 Å². The molecule has 2 aromatic rings. The van der Waals surface area contributed by atoms with Gasteiger partial charge in [0.1, 0.15) is 10.4 Å². The van der Waals surface area contributed by atoms with Crippen molar-refractivity contribution < 1.29 is 5.11 Å². The van der Waals surface area contributed by atoms with Crippen LogP contribution in [0.2, 0.25) is 4.34 Å². The van der Waals surface area contributed by atoms with Crippen molar-refractivity contribution in [2.24, 2.45) is 0 Å². The lowest BCUT2D eigenvalue weighted by Crippen LogP contribution is -1.99. The van der Waals surface area contributed by atoms with Gasteiger partial charge in [0.25, 0.3) is 0 Å². The Kier molecular flexibility index (Phi) is 4.29. The molecule has 0 fully saturated rings. The zero-order chi connectivity index (χ0) is 11.7. The lowest BCUT2D eigenvalue weighted by Gasteiger charge is -2.10. The minimum Gasteiger partial charge on any atom is -0.383 e. The lowest BCUT2D eigenvalue weighted by molar-refractivity contribution is 0.223. The first kappa shape index (κ1) is 12.8. The third-order valence-electron chi connectivity index (χ3n) is 2.13. The Labute approximate surface area is 125 Å². The van der Waals surface area contributed by atoms with Crippen molar-refractivity contribution >= 4 is 61.5 Å². The summed E-state index contributed by atoms with van der Waals surface area (Å²) in [7, 11) is 0. The van der Waals surface area contributed by atoms with Gasteiger partial charge >= 0.3 is 0 Å². The number of hydrogen-bond donors (Lipinski definition) is 1. The summed E-state index contributed by atoms with van der Waals surface area (Å²) in [6.07, 6.45) is -0.609. The van der Waals surface area contributed by atoms with Gasteiger partial charge in [0.2, 0.25) is 0 Å². The van der Waals surface area contributed by atoms with Crippen molar-refractivity contribution in [3.05, 3.63) is 53.2 Å². The second-order valence-corrected chi connectivity index (χ2v) is 6.90. The normalized spacial score (nSPS) is 12.8. The van der Waals surface area contributed by atoms with Gasteiger partial charge in [0.15, 0.2) is 0 Å². The monoisotopic (exact) mass is 428 g/mol. The molecular formula is C11H7BrClIOS. The van der Waals surface area contributed by atoms with Crippen molar-refractivity contribution in [1.29, 1.82) is 0 Å². The molecule has 0 amide bonds. The van der Waals surface area contributed by atoms with Crippen LogP contribution in [0.3, 0.4) is 0 Å². The maximum atomic E-state index is 10.2. The van der Waals surface area contributed by atoms with Gasteiger partial charge < -0.3 is 5.11 Å². The summed E-state index contributed by atoms with van der Waals surface area (Å²) in [6.45, 7) is 0. The molecule has 1 N–H and O–H groups in total. The zero-order valence-corrected chi connectivity index (χ0v) is 13.3. The molecule has 84 valence electrons. The standard InChI is InChI=1S/C11H7BrClIOS/c12-7-5-9(16-11(7)13)10(15)6-3-1-2-4-8(6)14/h1-5,10,15H. The molecule has 0 spiro atoms. The maximum absolute atomic E-state index is 10.2. The molecule has 1 aromatic carbocycles. The fourth-order valence-corrected chi connectivity index (χ4v) is 3.77. The van der Waals surface area contributed by atoms with Crippen molar-refractivity contribution in [3.63, 3.8) is 0 Å². The second-order valence-electron chi connectivity index (χ2n) is 3.19. The van der Waals surface area contributed by atoms with Gasteiger partial charge in [0, 0.05) is 12.9 Å². The lowest BCUT2D eigenvalue weighted by atomic mass is 10.1. The van der Waals surface area contributed by atoms with E-state index in [2.05, 4.69) is 38.5 Å². The SMILES string of the molecule is OC(c1cc(Br)c(Cl)s1)c1ccccc1I. The van der Waals surface area contributed by atoms with Crippen LogP contribution in [0.1, 0.15) is 16.5 Å². The summed E-state index contributed by atoms with van der Waals surface area (Å²) >= 11 is 12.9. The van der Waals surface area contributed by atoms with E-state index in [4.69, 9.17) is 11.6 Å². The van der Waals surface area contributed by atoms with Crippen molar-refractivity contribution in [3.8, 4) is 0 Å². The van der Waals surface area contributed by atoms with Crippen LogP contribution in [0.15, 0.2) is 34.8 Å². The molecule has 0 aliphatic heterocycles. The third kappa shape index (κ3) is 2.61. The van der Waals surface area contributed by atoms with Crippen LogP contribution < -0.4 is 0 Å². The number of thiophene rings is 1. The number of hydrogen-bond acceptors (Lipinski definition) is 2. The molecule has 0 saturated carbocycles. The third-order valence-corrected chi connectivity index (χ3v) is 5.64. The predicted octanol–water partition coefficient (Wildman–Crippen LogP) is 4.85. The molecule has 0 saturated heterocycles. The number of rotatable bonds is 2. The summed E-state index contributed by atoms with van der Waals surface area (Å²) in [5.74, 6) is 0. The van der Waals surface area contributed by atoms with E-state index in [1.807, 2.05) is 30.3 Å². The van der Waals surface area contributed by atoms with Crippen molar-refractivity contribution in [2.45, 2.75) is 6.10 Å². The Balaban J connectivity index is 2.39. The summed E-state index contributed by atoms with van der Waals surface area (Å²) in [4.78, 5) is 0.848. The minimum absolute atomic E-state index is 0.609. The summed E-state index contributed by atoms with van der Waals surface area (Å²) in [5, 5.41) is 10.2. The van der Waals surface area contributed by atoms with Crippen LogP contribution in [0.25, 0.3) is 0 Å². The summed E-state index contributed by atoms with van der Waals surface area (Å²) < 4.78 is 2.55. The van der Waals surface area contributed by atoms with Gasteiger partial charge in [0.05, 0.1) is 0 Å². The fraction of sp³-hybridized carbons (Fsp3) is 0.0909. The summed E-state index contributed by atoms with van der Waals surface area (Å²) in [6, 6.07) is 9.64. The fourth-order valence-electron chi connectivity index (χ4n) is 1.35. The molecule has 5 heteroatoms. The highest BCUT2D eigenvalue weighted by molar-refractivity contribution is 14.1. The molecule has 0 aliphatic carbocycles. The number of aliphatic hydroxyl groups is 1. The predicted molar refractivity (Wildman–Crippen MR) is 80.2 cm³/mol. The Morgan fingerprint density at radius 1 is 1.38 bits per heavy atom. The van der Waals surface area contributed by atoms with E-state index in [-0.39, 0.29) is 0 Å². The minimum atomic E-state index is -0.609. The molecular weight excluding hydrogens is 422 g/mol. The Hall–Kier alpha value is 0.380. The van der Waals surface area contributed by atoms with E-state index < -0.39 is 6.10 Å². The quantitative estimate of drug-likeness (QED) is 0.677. The highest BCUT2D eigenvalue weighted by atomic mass is 127. The Morgan fingerprint density at radius 2 is 2.06 bits per heavy atom. The van der Waals surface area contributed by atoms with Crippen LogP contribution >= 0.6 is 61.5 Å². The van der Waals surface area contributed by atoms with Crippen molar-refractivity contribution in [2.75, 3.05) is 0 Å². The number of halogens is 3. The van der Waals surface area contributed by atoms with Crippen LogP contribution in [-0.4, -0.2) is 5.11 Å².